The lowest BCUT2D eigenvalue weighted by Gasteiger charge is -2.07. The molecule has 2 aromatic rings. The highest BCUT2D eigenvalue weighted by Crippen LogP contribution is 2.19. The molecular formula is C12H14N2O4S. The standard InChI is InChI=1S/C12H14N2O4S/c1-8(2)12(15)14-19(16,17)7-10-9-5-3-4-6-11(9)18-13-10/h3-6,8H,7H2,1-2H3,(H,14,15). The molecule has 1 N–H and O–H groups in total. The van der Waals surface area contributed by atoms with Crippen molar-refractivity contribution in [3.8, 4) is 0 Å². The van der Waals surface area contributed by atoms with E-state index < -0.39 is 21.8 Å². The SMILES string of the molecule is CC(C)C(=O)NS(=O)(=O)Cc1noc2ccccc12. The van der Waals surface area contributed by atoms with Crippen LogP contribution in [0.4, 0.5) is 0 Å². The molecule has 0 aliphatic carbocycles. The Bertz CT molecular complexity index is 703. The smallest absolute Gasteiger partial charge is 0.240 e. The van der Waals surface area contributed by atoms with Crippen LogP contribution in [0, 0.1) is 5.92 Å². The number of rotatable bonds is 4. The number of sulfonamides is 1. The third-order valence-corrected chi connectivity index (χ3v) is 3.73. The van der Waals surface area contributed by atoms with Crippen LogP contribution in [0.25, 0.3) is 11.0 Å². The average molecular weight is 282 g/mol. The zero-order valence-electron chi connectivity index (χ0n) is 10.6. The lowest BCUT2D eigenvalue weighted by atomic mass is 10.2. The highest BCUT2D eigenvalue weighted by Gasteiger charge is 2.20. The molecule has 6 nitrogen and oxygen atoms in total. The molecule has 0 atom stereocenters. The maximum absolute atomic E-state index is 11.8. The minimum Gasteiger partial charge on any atom is -0.356 e. The normalized spacial score (nSPS) is 11.9. The van der Waals surface area contributed by atoms with E-state index in [1.165, 1.54) is 0 Å². The maximum atomic E-state index is 11.8. The van der Waals surface area contributed by atoms with Crippen molar-refractivity contribution in [2.75, 3.05) is 0 Å². The minimum absolute atomic E-state index is 0.291. The zero-order chi connectivity index (χ0) is 14.0. The third kappa shape index (κ3) is 3.11. The van der Waals surface area contributed by atoms with Crippen molar-refractivity contribution in [2.45, 2.75) is 19.6 Å². The molecule has 0 saturated heterocycles. The fourth-order valence-corrected chi connectivity index (χ4v) is 2.71. The van der Waals surface area contributed by atoms with Crippen molar-refractivity contribution in [1.29, 1.82) is 0 Å². The van der Waals surface area contributed by atoms with E-state index in [2.05, 4.69) is 5.16 Å². The Morgan fingerprint density at radius 1 is 1.37 bits per heavy atom. The molecule has 0 aliphatic heterocycles. The fraction of sp³-hybridized carbons (Fsp3) is 0.333. The molecule has 7 heteroatoms. The van der Waals surface area contributed by atoms with E-state index in [9.17, 15) is 13.2 Å². The first-order chi connectivity index (χ1) is 8.89. The van der Waals surface area contributed by atoms with Crippen molar-refractivity contribution >= 4 is 26.9 Å². The molecule has 19 heavy (non-hydrogen) atoms. The second kappa shape index (κ2) is 5.00. The van der Waals surface area contributed by atoms with Crippen LogP contribution in [-0.2, 0) is 20.6 Å². The van der Waals surface area contributed by atoms with E-state index in [-0.39, 0.29) is 5.75 Å². The minimum atomic E-state index is -3.76. The largest absolute Gasteiger partial charge is 0.356 e. The Balaban J connectivity index is 2.23. The van der Waals surface area contributed by atoms with Crippen molar-refractivity contribution in [2.24, 2.45) is 5.92 Å². The van der Waals surface area contributed by atoms with Gasteiger partial charge in [-0.05, 0) is 12.1 Å². The molecule has 0 bridgehead atoms. The van der Waals surface area contributed by atoms with Gasteiger partial charge in [0, 0.05) is 11.3 Å². The monoisotopic (exact) mass is 282 g/mol. The average Bonchev–Trinajstić information content (AvgIpc) is 2.71. The molecule has 0 radical (unpaired) electrons. The summed E-state index contributed by atoms with van der Waals surface area (Å²) in [6.07, 6.45) is 0. The predicted octanol–water partition coefficient (Wildman–Crippen LogP) is 1.43. The summed E-state index contributed by atoms with van der Waals surface area (Å²) in [7, 11) is -3.76. The van der Waals surface area contributed by atoms with E-state index >= 15 is 0 Å². The second-order valence-corrected chi connectivity index (χ2v) is 6.23. The Morgan fingerprint density at radius 2 is 2.05 bits per heavy atom. The van der Waals surface area contributed by atoms with E-state index in [1.54, 1.807) is 38.1 Å². The molecule has 2 rings (SSSR count). The Kier molecular flexibility index (Phi) is 3.57. The van der Waals surface area contributed by atoms with E-state index in [0.29, 0.717) is 16.7 Å². The van der Waals surface area contributed by atoms with Gasteiger partial charge in [0.2, 0.25) is 15.9 Å². The number of carbonyl (C=O) groups is 1. The summed E-state index contributed by atoms with van der Waals surface area (Å²) in [5, 5.41) is 4.36. The van der Waals surface area contributed by atoms with Gasteiger partial charge in [-0.3, -0.25) is 9.52 Å². The van der Waals surface area contributed by atoms with Gasteiger partial charge >= 0.3 is 0 Å². The fourth-order valence-electron chi connectivity index (χ4n) is 1.53. The number of nitrogens with one attached hydrogen (secondary N) is 1. The van der Waals surface area contributed by atoms with Crippen LogP contribution >= 0.6 is 0 Å². The number of aromatic nitrogens is 1. The molecule has 102 valence electrons. The van der Waals surface area contributed by atoms with Gasteiger partial charge in [0.05, 0.1) is 0 Å². The number of fused-ring (bicyclic) bond motifs is 1. The molecule has 1 amide bonds. The van der Waals surface area contributed by atoms with Crippen LogP contribution in [0.3, 0.4) is 0 Å². The lowest BCUT2D eigenvalue weighted by molar-refractivity contribution is -0.122. The number of para-hydroxylation sites is 1. The molecule has 1 aromatic carbocycles. The zero-order valence-corrected chi connectivity index (χ0v) is 11.4. The van der Waals surface area contributed by atoms with Crippen molar-refractivity contribution < 1.29 is 17.7 Å². The van der Waals surface area contributed by atoms with Gasteiger partial charge in [-0.1, -0.05) is 31.1 Å². The number of hydrogen-bond donors (Lipinski definition) is 1. The highest BCUT2D eigenvalue weighted by molar-refractivity contribution is 7.89. The van der Waals surface area contributed by atoms with Gasteiger partial charge in [-0.25, -0.2) is 8.42 Å². The number of benzene rings is 1. The summed E-state index contributed by atoms with van der Waals surface area (Å²) in [5.74, 6) is -1.32. The number of carbonyl (C=O) groups excluding carboxylic acids is 1. The predicted molar refractivity (Wildman–Crippen MR) is 69.6 cm³/mol. The van der Waals surface area contributed by atoms with E-state index in [1.807, 2.05) is 4.72 Å². The Hall–Kier alpha value is -1.89. The first kappa shape index (κ1) is 13.5. The van der Waals surface area contributed by atoms with Gasteiger partial charge in [-0.2, -0.15) is 0 Å². The van der Waals surface area contributed by atoms with Crippen molar-refractivity contribution in [1.82, 2.24) is 9.88 Å². The summed E-state index contributed by atoms with van der Waals surface area (Å²) in [6, 6.07) is 6.96. The van der Waals surface area contributed by atoms with Crippen LogP contribution in [-0.4, -0.2) is 19.5 Å². The number of amides is 1. The second-order valence-electron chi connectivity index (χ2n) is 4.51. The van der Waals surface area contributed by atoms with Crippen LogP contribution < -0.4 is 4.72 Å². The van der Waals surface area contributed by atoms with Crippen LogP contribution in [0.2, 0.25) is 0 Å². The topological polar surface area (TPSA) is 89.3 Å². The van der Waals surface area contributed by atoms with Crippen molar-refractivity contribution in [3.05, 3.63) is 30.0 Å². The summed E-state index contributed by atoms with van der Waals surface area (Å²) in [4.78, 5) is 11.4. The summed E-state index contributed by atoms with van der Waals surface area (Å²) in [5.41, 5.74) is 0.808. The molecule has 0 fully saturated rings. The highest BCUT2D eigenvalue weighted by atomic mass is 32.2. The first-order valence-electron chi connectivity index (χ1n) is 5.76. The van der Waals surface area contributed by atoms with Crippen LogP contribution in [0.1, 0.15) is 19.5 Å². The maximum Gasteiger partial charge on any atom is 0.240 e. The Labute approximate surface area is 110 Å². The van der Waals surface area contributed by atoms with Gasteiger partial charge < -0.3 is 4.52 Å². The van der Waals surface area contributed by atoms with Crippen molar-refractivity contribution in [3.63, 3.8) is 0 Å². The molecule has 0 spiro atoms. The van der Waals surface area contributed by atoms with Gasteiger partial charge in [-0.15, -0.1) is 0 Å². The van der Waals surface area contributed by atoms with Crippen LogP contribution in [0.5, 0.6) is 0 Å². The van der Waals surface area contributed by atoms with E-state index in [4.69, 9.17) is 4.52 Å². The molecule has 1 aromatic heterocycles. The van der Waals surface area contributed by atoms with Crippen LogP contribution in [0.15, 0.2) is 28.8 Å². The van der Waals surface area contributed by atoms with E-state index in [0.717, 1.165) is 0 Å². The third-order valence-electron chi connectivity index (χ3n) is 2.56. The number of nitrogens with zero attached hydrogens (tertiary/aromatic N) is 1. The van der Waals surface area contributed by atoms with Gasteiger partial charge in [0.1, 0.15) is 11.4 Å². The first-order valence-corrected chi connectivity index (χ1v) is 7.42. The van der Waals surface area contributed by atoms with Gasteiger partial charge in [0.25, 0.3) is 0 Å². The molecule has 0 aliphatic rings. The summed E-state index contributed by atoms with van der Waals surface area (Å²) in [6.45, 7) is 3.24. The molecule has 1 heterocycles. The summed E-state index contributed by atoms with van der Waals surface area (Å²) >= 11 is 0. The Morgan fingerprint density at radius 3 is 2.74 bits per heavy atom. The molecule has 0 saturated carbocycles. The van der Waals surface area contributed by atoms with Gasteiger partial charge in [0.15, 0.2) is 5.58 Å². The molecular weight excluding hydrogens is 268 g/mol. The summed E-state index contributed by atoms with van der Waals surface area (Å²) < 4.78 is 30.7. The number of hydrogen-bond acceptors (Lipinski definition) is 5. The lowest BCUT2D eigenvalue weighted by Crippen LogP contribution is -2.34. The molecule has 0 unspecified atom stereocenters. The quantitative estimate of drug-likeness (QED) is 0.916.